The van der Waals surface area contributed by atoms with E-state index in [0.717, 1.165) is 27.9 Å². The predicted octanol–water partition coefficient (Wildman–Crippen LogP) is 4.20. The number of benzene rings is 2. The molecule has 0 aliphatic rings. The highest BCUT2D eigenvalue weighted by Crippen LogP contribution is 2.26. The van der Waals surface area contributed by atoms with Gasteiger partial charge < -0.3 is 15.4 Å². The van der Waals surface area contributed by atoms with Crippen LogP contribution in [0.15, 0.2) is 60.7 Å². The number of aromatic nitrogens is 1. The topological polar surface area (TPSA) is 65.1 Å². The average molecular weight is 348 g/mol. The first-order valence-electron chi connectivity index (χ1n) is 8.77. The van der Waals surface area contributed by atoms with Gasteiger partial charge in [0.25, 0.3) is 5.91 Å². The molecule has 134 valence electrons. The molecule has 4 nitrogen and oxygen atoms in total. The van der Waals surface area contributed by atoms with Crippen LogP contribution in [0, 0.1) is 13.8 Å². The number of carbonyl (C=O) groups is 1. The van der Waals surface area contributed by atoms with Crippen LogP contribution in [0.25, 0.3) is 0 Å². The lowest BCUT2D eigenvalue weighted by Crippen LogP contribution is -2.30. The maximum Gasteiger partial charge on any atom is 0.268 e. The molecule has 1 aromatic heterocycles. The molecule has 3 aromatic rings. The van der Waals surface area contributed by atoms with Gasteiger partial charge in [0.15, 0.2) is 0 Å². The zero-order valence-electron chi connectivity index (χ0n) is 15.3. The highest BCUT2D eigenvalue weighted by atomic mass is 16.3. The lowest BCUT2D eigenvalue weighted by atomic mass is 9.98. The Morgan fingerprint density at radius 3 is 1.88 bits per heavy atom. The van der Waals surface area contributed by atoms with Crippen molar-refractivity contribution in [2.24, 2.45) is 0 Å². The van der Waals surface area contributed by atoms with Crippen molar-refractivity contribution in [2.45, 2.75) is 32.9 Å². The molecule has 0 aliphatic carbocycles. The summed E-state index contributed by atoms with van der Waals surface area (Å²) in [5.41, 5.74) is 4.92. The van der Waals surface area contributed by atoms with E-state index in [1.54, 1.807) is 6.92 Å². The largest absolute Gasteiger partial charge is 0.389 e. The fraction of sp³-hybridized carbons (Fsp3) is 0.227. The summed E-state index contributed by atoms with van der Waals surface area (Å²) >= 11 is 0. The number of nitrogens with one attached hydrogen (secondary N) is 2. The molecule has 0 spiro atoms. The molecule has 0 fully saturated rings. The second kappa shape index (κ2) is 7.58. The highest BCUT2D eigenvalue weighted by molar-refractivity contribution is 5.95. The van der Waals surface area contributed by atoms with Gasteiger partial charge in [0.1, 0.15) is 5.69 Å². The molecule has 4 heteroatoms. The standard InChI is InChI=1S/C22H24N2O2/c1-14-19(16(3)25)15(2)23-20(14)22(26)24-21(17-10-6-4-7-11-17)18-12-8-5-9-13-18/h4-13,16,21,23,25H,1-3H3,(H,24,26)/t16-/m1/s1. The number of aliphatic hydroxyl groups is 1. The average Bonchev–Trinajstić information content (AvgIpc) is 2.95. The number of aromatic amines is 1. The van der Waals surface area contributed by atoms with Crippen LogP contribution in [0.4, 0.5) is 0 Å². The van der Waals surface area contributed by atoms with Crippen LogP contribution in [-0.4, -0.2) is 16.0 Å². The van der Waals surface area contributed by atoms with Gasteiger partial charge in [-0.15, -0.1) is 0 Å². The van der Waals surface area contributed by atoms with Gasteiger partial charge in [-0.3, -0.25) is 4.79 Å². The number of carbonyl (C=O) groups excluding carboxylic acids is 1. The number of H-pyrrole nitrogens is 1. The number of aryl methyl sites for hydroxylation is 1. The number of aliphatic hydroxyl groups excluding tert-OH is 1. The molecule has 3 rings (SSSR count). The van der Waals surface area contributed by atoms with Crippen LogP contribution in [0.5, 0.6) is 0 Å². The van der Waals surface area contributed by atoms with E-state index in [4.69, 9.17) is 0 Å². The van der Waals surface area contributed by atoms with E-state index in [0.29, 0.717) is 5.69 Å². The summed E-state index contributed by atoms with van der Waals surface area (Å²) in [4.78, 5) is 16.1. The number of amides is 1. The number of rotatable bonds is 5. The van der Waals surface area contributed by atoms with E-state index < -0.39 is 6.10 Å². The summed E-state index contributed by atoms with van der Waals surface area (Å²) in [5.74, 6) is -0.185. The quantitative estimate of drug-likeness (QED) is 0.647. The van der Waals surface area contributed by atoms with E-state index in [9.17, 15) is 9.90 Å². The molecule has 0 saturated heterocycles. The monoisotopic (exact) mass is 348 g/mol. The Bertz CT molecular complexity index is 844. The Morgan fingerprint density at radius 1 is 0.962 bits per heavy atom. The number of hydrogen-bond acceptors (Lipinski definition) is 2. The lowest BCUT2D eigenvalue weighted by Gasteiger charge is -2.20. The van der Waals surface area contributed by atoms with Gasteiger partial charge in [-0.1, -0.05) is 60.7 Å². The second-order valence-corrected chi connectivity index (χ2v) is 6.57. The minimum atomic E-state index is -0.619. The maximum absolute atomic E-state index is 13.0. The van der Waals surface area contributed by atoms with E-state index in [1.807, 2.05) is 74.5 Å². The van der Waals surface area contributed by atoms with Crippen LogP contribution >= 0.6 is 0 Å². The summed E-state index contributed by atoms with van der Waals surface area (Å²) < 4.78 is 0. The first-order chi connectivity index (χ1) is 12.5. The van der Waals surface area contributed by atoms with Crippen molar-refractivity contribution in [3.63, 3.8) is 0 Å². The Kier molecular flexibility index (Phi) is 5.24. The Morgan fingerprint density at radius 2 is 1.46 bits per heavy atom. The Balaban J connectivity index is 1.95. The third-order valence-corrected chi connectivity index (χ3v) is 4.68. The van der Waals surface area contributed by atoms with Crippen molar-refractivity contribution in [3.05, 3.63) is 94.3 Å². The zero-order chi connectivity index (χ0) is 18.7. The molecule has 1 atom stereocenters. The summed E-state index contributed by atoms with van der Waals surface area (Å²) in [6.07, 6.45) is -0.619. The van der Waals surface area contributed by atoms with Crippen LogP contribution in [0.1, 0.15) is 57.5 Å². The fourth-order valence-corrected chi connectivity index (χ4v) is 3.47. The molecule has 1 heterocycles. The molecule has 0 bridgehead atoms. The van der Waals surface area contributed by atoms with Crippen molar-refractivity contribution in [3.8, 4) is 0 Å². The predicted molar refractivity (Wildman–Crippen MR) is 103 cm³/mol. The van der Waals surface area contributed by atoms with Crippen LogP contribution < -0.4 is 5.32 Å². The van der Waals surface area contributed by atoms with Crippen LogP contribution in [0.3, 0.4) is 0 Å². The van der Waals surface area contributed by atoms with Gasteiger partial charge in [-0.2, -0.15) is 0 Å². The second-order valence-electron chi connectivity index (χ2n) is 6.57. The van der Waals surface area contributed by atoms with Gasteiger partial charge in [0.05, 0.1) is 12.1 Å². The molecular weight excluding hydrogens is 324 g/mol. The van der Waals surface area contributed by atoms with Gasteiger partial charge in [0, 0.05) is 11.3 Å². The molecule has 3 N–H and O–H groups in total. The summed E-state index contributed by atoms with van der Waals surface area (Å²) in [5, 5.41) is 13.1. The van der Waals surface area contributed by atoms with Crippen molar-refractivity contribution in [1.29, 1.82) is 0 Å². The first kappa shape index (κ1) is 18.0. The van der Waals surface area contributed by atoms with Gasteiger partial charge in [-0.25, -0.2) is 0 Å². The molecular formula is C22H24N2O2. The van der Waals surface area contributed by atoms with Gasteiger partial charge >= 0.3 is 0 Å². The first-order valence-corrected chi connectivity index (χ1v) is 8.77. The SMILES string of the molecule is Cc1[nH]c(C(=O)NC(c2ccccc2)c2ccccc2)c(C)c1[C@@H](C)O. The van der Waals surface area contributed by atoms with Crippen molar-refractivity contribution >= 4 is 5.91 Å². The van der Waals surface area contributed by atoms with Gasteiger partial charge in [-0.05, 0) is 37.5 Å². The summed E-state index contributed by atoms with van der Waals surface area (Å²) in [6.45, 7) is 5.44. The molecule has 0 unspecified atom stereocenters. The molecule has 2 aromatic carbocycles. The molecule has 0 saturated carbocycles. The van der Waals surface area contributed by atoms with Crippen LogP contribution in [-0.2, 0) is 0 Å². The van der Waals surface area contributed by atoms with E-state index in [2.05, 4.69) is 10.3 Å². The normalized spacial score (nSPS) is 12.2. The van der Waals surface area contributed by atoms with Gasteiger partial charge in [0.2, 0.25) is 0 Å². The molecule has 0 aliphatic heterocycles. The van der Waals surface area contributed by atoms with E-state index in [-0.39, 0.29) is 11.9 Å². The highest BCUT2D eigenvalue weighted by Gasteiger charge is 2.23. The minimum Gasteiger partial charge on any atom is -0.389 e. The van der Waals surface area contributed by atoms with E-state index in [1.165, 1.54) is 0 Å². The smallest absolute Gasteiger partial charge is 0.268 e. The molecule has 1 amide bonds. The Labute approximate surface area is 153 Å². The summed E-state index contributed by atoms with van der Waals surface area (Å²) in [7, 11) is 0. The van der Waals surface area contributed by atoms with Crippen molar-refractivity contribution < 1.29 is 9.90 Å². The molecule has 26 heavy (non-hydrogen) atoms. The maximum atomic E-state index is 13.0. The van der Waals surface area contributed by atoms with Crippen molar-refractivity contribution in [1.82, 2.24) is 10.3 Å². The summed E-state index contributed by atoms with van der Waals surface area (Å²) in [6, 6.07) is 19.6. The lowest BCUT2D eigenvalue weighted by molar-refractivity contribution is 0.0937. The number of hydrogen-bond donors (Lipinski definition) is 3. The third kappa shape index (κ3) is 3.55. The zero-order valence-corrected chi connectivity index (χ0v) is 15.3. The van der Waals surface area contributed by atoms with Crippen LogP contribution in [0.2, 0.25) is 0 Å². The fourth-order valence-electron chi connectivity index (χ4n) is 3.47. The third-order valence-electron chi connectivity index (χ3n) is 4.68. The minimum absolute atomic E-state index is 0.185. The van der Waals surface area contributed by atoms with E-state index >= 15 is 0 Å². The van der Waals surface area contributed by atoms with Crippen molar-refractivity contribution in [2.75, 3.05) is 0 Å². The molecule has 0 radical (unpaired) electrons. The Hall–Kier alpha value is -2.85.